The van der Waals surface area contributed by atoms with Crippen LogP contribution in [-0.4, -0.2) is 45.9 Å². The van der Waals surface area contributed by atoms with Gasteiger partial charge in [0, 0.05) is 25.2 Å². The third-order valence-electron chi connectivity index (χ3n) is 6.05. The average Bonchev–Trinajstić information content (AvgIpc) is 3.41. The number of hydrogen-bond acceptors (Lipinski definition) is 6. The van der Waals surface area contributed by atoms with E-state index in [0.29, 0.717) is 5.56 Å². The van der Waals surface area contributed by atoms with Crippen LogP contribution in [0.4, 0.5) is 5.82 Å². The number of fused-ring (bicyclic) bond motifs is 1. The molecule has 0 bridgehead atoms. The second-order valence-electron chi connectivity index (χ2n) is 7.47. The average molecular weight is 382 g/mol. The minimum Gasteiger partial charge on any atom is -0.472 e. The first-order valence-electron chi connectivity index (χ1n) is 9.54. The number of hydrogen-bond donors (Lipinski definition) is 0. The maximum Gasteiger partial charge on any atom is 0.257 e. The summed E-state index contributed by atoms with van der Waals surface area (Å²) in [6.07, 6.45) is 10.0. The lowest BCUT2D eigenvalue weighted by molar-refractivity contribution is 0.0565. The second-order valence-corrected chi connectivity index (χ2v) is 8.39. The summed E-state index contributed by atoms with van der Waals surface area (Å²) in [6, 6.07) is 3.82. The molecule has 0 radical (unpaired) electrons. The summed E-state index contributed by atoms with van der Waals surface area (Å²) in [5, 5.41) is 2.07. The topological polar surface area (TPSA) is 62.5 Å². The monoisotopic (exact) mass is 382 g/mol. The van der Waals surface area contributed by atoms with Gasteiger partial charge in [0.1, 0.15) is 18.4 Å². The smallest absolute Gasteiger partial charge is 0.257 e. The second kappa shape index (κ2) is 6.64. The van der Waals surface area contributed by atoms with E-state index in [9.17, 15) is 4.79 Å². The Morgan fingerprint density at radius 3 is 2.85 bits per heavy atom. The fraction of sp³-hybridized carbons (Fsp3) is 0.450. The zero-order valence-corrected chi connectivity index (χ0v) is 16.0. The summed E-state index contributed by atoms with van der Waals surface area (Å²) in [7, 11) is 0. The maximum absolute atomic E-state index is 13.0. The lowest BCUT2D eigenvalue weighted by atomic mass is 9.87. The van der Waals surface area contributed by atoms with Gasteiger partial charge < -0.3 is 14.2 Å². The van der Waals surface area contributed by atoms with Gasteiger partial charge in [0.2, 0.25) is 0 Å². The molecule has 2 aliphatic heterocycles. The third-order valence-corrected chi connectivity index (χ3v) is 6.95. The van der Waals surface area contributed by atoms with Gasteiger partial charge in [-0.3, -0.25) is 4.79 Å². The molecule has 7 heteroatoms. The molecule has 0 aromatic carbocycles. The Morgan fingerprint density at radius 1 is 1.11 bits per heavy atom. The molecule has 1 spiro atoms. The first kappa shape index (κ1) is 16.7. The molecule has 0 N–H and O–H groups in total. The van der Waals surface area contributed by atoms with Gasteiger partial charge in [-0.05, 0) is 49.6 Å². The quantitative estimate of drug-likeness (QED) is 0.672. The Kier molecular flexibility index (Phi) is 4.11. The molecule has 5 rings (SSSR count). The molecule has 1 amide bonds. The summed E-state index contributed by atoms with van der Waals surface area (Å²) in [5.74, 6) is 1.15. The van der Waals surface area contributed by atoms with Gasteiger partial charge >= 0.3 is 0 Å². The molecule has 5 heterocycles. The maximum atomic E-state index is 13.0. The highest BCUT2D eigenvalue weighted by Crippen LogP contribution is 2.40. The van der Waals surface area contributed by atoms with Crippen LogP contribution in [0.5, 0.6) is 0 Å². The molecule has 140 valence electrons. The minimum absolute atomic E-state index is 0.0370. The van der Waals surface area contributed by atoms with Crippen molar-refractivity contribution < 1.29 is 9.21 Å². The van der Waals surface area contributed by atoms with Crippen molar-refractivity contribution in [1.82, 2.24) is 14.9 Å². The molecule has 2 saturated heterocycles. The van der Waals surface area contributed by atoms with Crippen LogP contribution in [0, 0.1) is 0 Å². The first-order valence-corrected chi connectivity index (χ1v) is 10.4. The van der Waals surface area contributed by atoms with Crippen molar-refractivity contribution in [2.24, 2.45) is 0 Å². The summed E-state index contributed by atoms with van der Waals surface area (Å²) in [4.78, 5) is 26.5. The van der Waals surface area contributed by atoms with Crippen LogP contribution in [0.3, 0.4) is 0 Å². The van der Waals surface area contributed by atoms with E-state index in [2.05, 4.69) is 25.1 Å². The van der Waals surface area contributed by atoms with Gasteiger partial charge in [0.15, 0.2) is 0 Å². The predicted molar refractivity (Wildman–Crippen MR) is 105 cm³/mol. The lowest BCUT2D eigenvalue weighted by Crippen LogP contribution is -2.47. The van der Waals surface area contributed by atoms with E-state index >= 15 is 0 Å². The van der Waals surface area contributed by atoms with Crippen LogP contribution >= 0.6 is 11.3 Å². The van der Waals surface area contributed by atoms with Gasteiger partial charge in [-0.2, -0.15) is 0 Å². The van der Waals surface area contributed by atoms with Crippen LogP contribution in [0.2, 0.25) is 0 Å². The highest BCUT2D eigenvalue weighted by Gasteiger charge is 2.44. The Hall–Kier alpha value is -2.41. The highest BCUT2D eigenvalue weighted by molar-refractivity contribution is 7.17. The Balaban J connectivity index is 1.40. The number of rotatable bonds is 2. The molecule has 6 nitrogen and oxygen atoms in total. The van der Waals surface area contributed by atoms with E-state index in [1.807, 2.05) is 6.07 Å². The molecular weight excluding hydrogens is 360 g/mol. The molecule has 1 atom stereocenters. The van der Waals surface area contributed by atoms with Crippen molar-refractivity contribution in [3.63, 3.8) is 0 Å². The lowest BCUT2D eigenvalue weighted by Gasteiger charge is -2.38. The zero-order chi connectivity index (χ0) is 18.3. The number of thiophene rings is 1. The first-order chi connectivity index (χ1) is 13.3. The van der Waals surface area contributed by atoms with Crippen LogP contribution in [0.25, 0.3) is 10.2 Å². The van der Waals surface area contributed by atoms with Crippen molar-refractivity contribution in [3.8, 4) is 0 Å². The Bertz CT molecular complexity index is 954. The van der Waals surface area contributed by atoms with Gasteiger partial charge in [-0.25, -0.2) is 9.97 Å². The van der Waals surface area contributed by atoms with E-state index < -0.39 is 0 Å². The molecule has 2 fully saturated rings. The van der Waals surface area contributed by atoms with E-state index in [0.717, 1.165) is 67.8 Å². The number of aromatic nitrogens is 2. The van der Waals surface area contributed by atoms with Gasteiger partial charge in [0.05, 0.1) is 22.0 Å². The van der Waals surface area contributed by atoms with Crippen molar-refractivity contribution >= 4 is 33.3 Å². The third kappa shape index (κ3) is 2.81. The van der Waals surface area contributed by atoms with Gasteiger partial charge in [-0.1, -0.05) is 0 Å². The molecule has 3 aromatic heterocycles. The summed E-state index contributed by atoms with van der Waals surface area (Å²) in [6.45, 7) is 2.73. The molecule has 0 unspecified atom stereocenters. The van der Waals surface area contributed by atoms with Crippen LogP contribution < -0.4 is 4.90 Å². The molecular formula is C20H22N4O2S. The number of likely N-dealkylation sites (tertiary alicyclic amines) is 1. The van der Waals surface area contributed by atoms with E-state index in [-0.39, 0.29) is 11.4 Å². The summed E-state index contributed by atoms with van der Waals surface area (Å²) < 4.78 is 6.29. The van der Waals surface area contributed by atoms with Crippen LogP contribution in [0.1, 0.15) is 42.5 Å². The predicted octanol–water partition coefficient (Wildman–Crippen LogP) is 3.95. The SMILES string of the molecule is O=C(c1ccoc1)N1CCC[C@]12CCCN(c1ncnc3ccsc13)CC2. The highest BCUT2D eigenvalue weighted by atomic mass is 32.1. The molecule has 0 saturated carbocycles. The molecule has 3 aromatic rings. The zero-order valence-electron chi connectivity index (χ0n) is 15.1. The minimum atomic E-state index is -0.0370. The van der Waals surface area contributed by atoms with Gasteiger partial charge in [0.25, 0.3) is 5.91 Å². The molecule has 27 heavy (non-hydrogen) atoms. The fourth-order valence-corrected chi connectivity index (χ4v) is 5.57. The summed E-state index contributed by atoms with van der Waals surface area (Å²) >= 11 is 1.70. The van der Waals surface area contributed by atoms with Crippen LogP contribution in [0.15, 0.2) is 40.8 Å². The number of anilines is 1. The van der Waals surface area contributed by atoms with E-state index in [1.165, 1.54) is 0 Å². The van der Waals surface area contributed by atoms with E-state index in [4.69, 9.17) is 4.42 Å². The normalized spacial score (nSPS) is 23.3. The summed E-state index contributed by atoms with van der Waals surface area (Å²) in [5.41, 5.74) is 1.64. The van der Waals surface area contributed by atoms with Crippen molar-refractivity contribution in [2.45, 2.75) is 37.6 Å². The van der Waals surface area contributed by atoms with Gasteiger partial charge in [-0.15, -0.1) is 11.3 Å². The number of carbonyl (C=O) groups excluding carboxylic acids is 1. The standard InChI is InChI=1S/C20H22N4O2S/c25-19(15-3-11-26-13-15)24-9-2-6-20(24)5-1-8-23(10-7-20)18-17-16(4-12-27-17)21-14-22-18/h3-4,11-14H,1-2,5-10H2/t20-/m0/s1. The fourth-order valence-electron chi connectivity index (χ4n) is 4.71. The van der Waals surface area contributed by atoms with Crippen molar-refractivity contribution in [3.05, 3.63) is 41.9 Å². The Labute approximate surface area is 161 Å². The molecule has 2 aliphatic rings. The van der Waals surface area contributed by atoms with Crippen molar-refractivity contribution in [1.29, 1.82) is 0 Å². The number of nitrogens with zero attached hydrogens (tertiary/aromatic N) is 4. The van der Waals surface area contributed by atoms with Crippen LogP contribution in [-0.2, 0) is 0 Å². The molecule has 0 aliphatic carbocycles. The van der Waals surface area contributed by atoms with Crippen molar-refractivity contribution in [2.75, 3.05) is 24.5 Å². The number of furan rings is 1. The van der Waals surface area contributed by atoms with E-state index in [1.54, 1.807) is 36.3 Å². The number of carbonyl (C=O) groups is 1. The number of amides is 1. The Morgan fingerprint density at radius 2 is 2.00 bits per heavy atom. The largest absolute Gasteiger partial charge is 0.472 e.